The Morgan fingerprint density at radius 2 is 2.00 bits per heavy atom. The third kappa shape index (κ3) is 3.01. The lowest BCUT2D eigenvalue weighted by Gasteiger charge is -2.38. The molecule has 1 spiro atoms. The smallest absolute Gasteiger partial charge is 0.337 e. The lowest BCUT2D eigenvalue weighted by atomic mass is 9.98. The van der Waals surface area contributed by atoms with E-state index >= 15 is 0 Å². The fourth-order valence-electron chi connectivity index (χ4n) is 3.89. The summed E-state index contributed by atoms with van der Waals surface area (Å²) >= 11 is 0. The van der Waals surface area contributed by atoms with E-state index in [0.29, 0.717) is 43.2 Å². The van der Waals surface area contributed by atoms with Crippen molar-refractivity contribution >= 4 is 17.6 Å². The molecule has 9 heteroatoms. The quantitative estimate of drug-likeness (QED) is 0.756. The van der Waals surface area contributed by atoms with Crippen LogP contribution in [-0.4, -0.2) is 45.8 Å². The molecule has 2 aliphatic heterocycles. The first-order valence-electron chi connectivity index (χ1n) is 9.53. The Hall–Kier alpha value is -2.94. The lowest BCUT2D eigenvalue weighted by Crippen LogP contribution is -2.58. The van der Waals surface area contributed by atoms with Crippen molar-refractivity contribution in [2.75, 3.05) is 18.1 Å². The van der Waals surface area contributed by atoms with Crippen molar-refractivity contribution in [1.29, 1.82) is 0 Å². The molecule has 2 aromatic rings. The summed E-state index contributed by atoms with van der Waals surface area (Å²) in [7, 11) is 0. The molecule has 3 heterocycles. The van der Waals surface area contributed by atoms with Crippen LogP contribution in [0.1, 0.15) is 47.8 Å². The molecule has 0 atom stereocenters. The standard InChI is InChI=1S/C19H21FN6O2/c20-13-2-1-3-14(10-13)26-18(28)21-19(24-26)6-8-25(9-7-19)17(27)16-11-15(22-23-16)12-4-5-12/h1-3,10-12,24H,4-9H2,(H,21,28)(H,22,23). The number of carbonyl (C=O) groups is 2. The number of nitrogens with one attached hydrogen (secondary N) is 3. The molecule has 0 bridgehead atoms. The van der Waals surface area contributed by atoms with Gasteiger partial charge in [0.25, 0.3) is 5.91 Å². The summed E-state index contributed by atoms with van der Waals surface area (Å²) in [6.07, 6.45) is 3.40. The van der Waals surface area contributed by atoms with Crippen molar-refractivity contribution < 1.29 is 14.0 Å². The molecule has 146 valence electrons. The van der Waals surface area contributed by atoms with E-state index < -0.39 is 11.5 Å². The zero-order chi connectivity index (χ0) is 19.3. The van der Waals surface area contributed by atoms with Gasteiger partial charge in [-0.15, -0.1) is 0 Å². The van der Waals surface area contributed by atoms with Gasteiger partial charge in [-0.05, 0) is 37.1 Å². The molecule has 3 amide bonds. The van der Waals surface area contributed by atoms with E-state index in [1.54, 1.807) is 17.0 Å². The number of benzene rings is 1. The number of nitrogens with zero attached hydrogens (tertiary/aromatic N) is 3. The largest absolute Gasteiger partial charge is 0.338 e. The first-order valence-corrected chi connectivity index (χ1v) is 9.53. The van der Waals surface area contributed by atoms with Crippen LogP contribution in [0.25, 0.3) is 0 Å². The van der Waals surface area contributed by atoms with Gasteiger partial charge in [0, 0.05) is 37.5 Å². The highest BCUT2D eigenvalue weighted by molar-refractivity contribution is 5.94. The van der Waals surface area contributed by atoms with Gasteiger partial charge in [-0.1, -0.05) is 6.07 Å². The average Bonchev–Trinajstić information content (AvgIpc) is 3.33. The van der Waals surface area contributed by atoms with E-state index in [2.05, 4.69) is 20.9 Å². The average molecular weight is 384 g/mol. The minimum atomic E-state index is -0.634. The normalized spacial score (nSPS) is 21.2. The van der Waals surface area contributed by atoms with Crippen molar-refractivity contribution in [3.8, 4) is 0 Å². The maximum absolute atomic E-state index is 13.5. The number of H-pyrrole nitrogens is 1. The molecule has 3 N–H and O–H groups in total. The molecule has 2 saturated heterocycles. The molecule has 1 aliphatic carbocycles. The Balaban J connectivity index is 1.25. The summed E-state index contributed by atoms with van der Waals surface area (Å²) in [6, 6.07) is 7.40. The fraction of sp³-hybridized carbons (Fsp3) is 0.421. The Bertz CT molecular complexity index is 932. The fourth-order valence-corrected chi connectivity index (χ4v) is 3.89. The molecule has 5 rings (SSSR count). The van der Waals surface area contributed by atoms with Crippen LogP contribution in [0.2, 0.25) is 0 Å². The van der Waals surface area contributed by atoms with E-state index in [1.807, 2.05) is 6.07 Å². The highest BCUT2D eigenvalue weighted by atomic mass is 19.1. The lowest BCUT2D eigenvalue weighted by molar-refractivity contribution is 0.0635. The predicted octanol–water partition coefficient (Wildman–Crippen LogP) is 2.09. The number of hydrogen-bond donors (Lipinski definition) is 3. The summed E-state index contributed by atoms with van der Waals surface area (Å²) in [5.74, 6) is 0.0210. The first kappa shape index (κ1) is 17.2. The van der Waals surface area contributed by atoms with Gasteiger partial charge in [0.15, 0.2) is 0 Å². The second-order valence-electron chi connectivity index (χ2n) is 7.71. The third-order valence-electron chi connectivity index (χ3n) is 5.68. The number of piperidine rings is 1. The molecule has 3 fully saturated rings. The summed E-state index contributed by atoms with van der Waals surface area (Å²) in [5, 5.41) is 11.4. The summed E-state index contributed by atoms with van der Waals surface area (Å²) in [4.78, 5) is 26.9. The third-order valence-corrected chi connectivity index (χ3v) is 5.68. The highest BCUT2D eigenvalue weighted by Crippen LogP contribution is 2.39. The Morgan fingerprint density at radius 1 is 1.21 bits per heavy atom. The van der Waals surface area contributed by atoms with Crippen LogP contribution in [0, 0.1) is 5.82 Å². The SMILES string of the molecule is O=C(c1cc(C2CC2)[nH]n1)N1CCC2(CC1)NC(=O)N(c1cccc(F)c1)N2. The number of hydrazine groups is 1. The summed E-state index contributed by atoms with van der Waals surface area (Å²) in [6.45, 7) is 0.990. The number of hydrogen-bond acceptors (Lipinski definition) is 4. The number of anilines is 1. The van der Waals surface area contributed by atoms with Crippen molar-refractivity contribution in [3.05, 3.63) is 47.5 Å². The molecule has 0 radical (unpaired) electrons. The minimum Gasteiger partial charge on any atom is -0.337 e. The molecule has 3 aliphatic rings. The molecule has 1 aromatic heterocycles. The maximum Gasteiger partial charge on any atom is 0.338 e. The van der Waals surface area contributed by atoms with Crippen LogP contribution >= 0.6 is 0 Å². The van der Waals surface area contributed by atoms with Gasteiger partial charge in [0.1, 0.15) is 17.2 Å². The van der Waals surface area contributed by atoms with E-state index in [4.69, 9.17) is 0 Å². The summed E-state index contributed by atoms with van der Waals surface area (Å²) < 4.78 is 13.5. The second-order valence-corrected chi connectivity index (χ2v) is 7.71. The number of likely N-dealkylation sites (tertiary alicyclic amines) is 1. The van der Waals surface area contributed by atoms with E-state index in [9.17, 15) is 14.0 Å². The van der Waals surface area contributed by atoms with E-state index in [-0.39, 0.29) is 11.9 Å². The minimum absolute atomic E-state index is 0.0932. The second kappa shape index (κ2) is 6.30. The number of amides is 3. The molecule has 1 aromatic carbocycles. The zero-order valence-electron chi connectivity index (χ0n) is 15.2. The molecule has 1 saturated carbocycles. The van der Waals surface area contributed by atoms with Gasteiger partial charge >= 0.3 is 6.03 Å². The van der Waals surface area contributed by atoms with Crippen LogP contribution in [0.15, 0.2) is 30.3 Å². The van der Waals surface area contributed by atoms with Crippen molar-refractivity contribution in [2.45, 2.75) is 37.3 Å². The molecule has 8 nitrogen and oxygen atoms in total. The number of carbonyl (C=O) groups excluding carboxylic acids is 2. The van der Waals surface area contributed by atoms with Crippen molar-refractivity contribution in [2.24, 2.45) is 0 Å². The Kier molecular flexibility index (Phi) is 3.87. The van der Waals surface area contributed by atoms with Gasteiger partial charge in [-0.2, -0.15) is 5.10 Å². The van der Waals surface area contributed by atoms with Gasteiger partial charge in [0.05, 0.1) is 5.69 Å². The van der Waals surface area contributed by atoms with Crippen molar-refractivity contribution in [1.82, 2.24) is 25.8 Å². The summed E-state index contributed by atoms with van der Waals surface area (Å²) in [5.41, 5.74) is 4.46. The van der Waals surface area contributed by atoms with Gasteiger partial charge in [-0.25, -0.2) is 19.6 Å². The number of halogens is 1. The van der Waals surface area contributed by atoms with Crippen LogP contribution < -0.4 is 15.8 Å². The zero-order valence-corrected chi connectivity index (χ0v) is 15.2. The molecular weight excluding hydrogens is 363 g/mol. The van der Waals surface area contributed by atoms with Gasteiger partial charge in [-0.3, -0.25) is 9.89 Å². The van der Waals surface area contributed by atoms with Crippen LogP contribution in [0.4, 0.5) is 14.9 Å². The Labute approximate surface area is 161 Å². The monoisotopic (exact) mass is 384 g/mol. The van der Waals surface area contributed by atoms with Crippen molar-refractivity contribution in [3.63, 3.8) is 0 Å². The van der Waals surface area contributed by atoms with Gasteiger partial charge < -0.3 is 10.2 Å². The van der Waals surface area contributed by atoms with Crippen LogP contribution in [0.5, 0.6) is 0 Å². The molecular formula is C19H21FN6O2. The molecule has 28 heavy (non-hydrogen) atoms. The van der Waals surface area contributed by atoms with Crippen LogP contribution in [-0.2, 0) is 0 Å². The van der Waals surface area contributed by atoms with Crippen LogP contribution in [0.3, 0.4) is 0 Å². The maximum atomic E-state index is 13.5. The van der Waals surface area contributed by atoms with E-state index in [1.165, 1.54) is 17.1 Å². The predicted molar refractivity (Wildman–Crippen MR) is 99.0 cm³/mol. The van der Waals surface area contributed by atoms with Gasteiger partial charge in [0.2, 0.25) is 0 Å². The topological polar surface area (TPSA) is 93.4 Å². The number of aromatic nitrogens is 2. The number of aromatic amines is 1. The highest BCUT2D eigenvalue weighted by Gasteiger charge is 2.45. The number of urea groups is 1. The Morgan fingerprint density at radius 3 is 2.71 bits per heavy atom. The van der Waals surface area contributed by atoms with E-state index in [0.717, 1.165) is 18.5 Å². The number of rotatable bonds is 3. The first-order chi connectivity index (χ1) is 13.5. The molecule has 0 unspecified atom stereocenters.